The maximum atomic E-state index is 12.3. The molecule has 25 heavy (non-hydrogen) atoms. The van der Waals surface area contributed by atoms with Gasteiger partial charge in [0.05, 0.1) is 17.8 Å². The number of aryl methyl sites for hydroxylation is 1. The van der Waals surface area contributed by atoms with Gasteiger partial charge in [0.25, 0.3) is 5.91 Å². The third-order valence-electron chi connectivity index (χ3n) is 3.90. The second kappa shape index (κ2) is 7.65. The van der Waals surface area contributed by atoms with E-state index in [2.05, 4.69) is 15.6 Å². The minimum Gasteiger partial charge on any atom is -0.378 e. The Morgan fingerprint density at radius 3 is 2.32 bits per heavy atom. The summed E-state index contributed by atoms with van der Waals surface area (Å²) in [5.74, 6) is -0.718. The lowest BCUT2D eigenvalue weighted by molar-refractivity contribution is -0.115. The number of aromatic amines is 1. The van der Waals surface area contributed by atoms with Crippen molar-refractivity contribution in [1.82, 2.24) is 10.3 Å². The minimum atomic E-state index is -0.391. The molecule has 0 saturated heterocycles. The molecule has 0 bridgehead atoms. The Bertz CT molecular complexity index is 791. The molecule has 0 aliphatic rings. The quantitative estimate of drug-likeness (QED) is 0.699. The topological polar surface area (TPSA) is 94.3 Å². The molecule has 0 atom stereocenters. The molecule has 1 aromatic carbocycles. The molecular formula is C18H22N4O3. The van der Waals surface area contributed by atoms with E-state index in [1.165, 1.54) is 0 Å². The Kier molecular flexibility index (Phi) is 5.59. The van der Waals surface area contributed by atoms with Crippen molar-refractivity contribution in [2.45, 2.75) is 13.8 Å². The molecule has 0 aliphatic carbocycles. The number of hydrogen-bond donors (Lipinski definition) is 3. The first-order valence-corrected chi connectivity index (χ1v) is 7.83. The largest absolute Gasteiger partial charge is 0.378 e. The van der Waals surface area contributed by atoms with Gasteiger partial charge in [-0.05, 0) is 43.7 Å². The number of aldehydes is 1. The molecule has 0 radical (unpaired) electrons. The molecule has 3 N–H and O–H groups in total. The summed E-state index contributed by atoms with van der Waals surface area (Å²) in [5, 5.41) is 5.30. The van der Waals surface area contributed by atoms with Gasteiger partial charge >= 0.3 is 0 Å². The first kappa shape index (κ1) is 18.3. The van der Waals surface area contributed by atoms with Crippen LogP contribution in [0.2, 0.25) is 0 Å². The molecule has 0 saturated carbocycles. The molecule has 7 nitrogen and oxygen atoms in total. The molecule has 2 aromatic rings. The fourth-order valence-electron chi connectivity index (χ4n) is 2.53. The van der Waals surface area contributed by atoms with Gasteiger partial charge in [-0.15, -0.1) is 0 Å². The fraction of sp³-hybridized carbons (Fsp3) is 0.278. The number of benzene rings is 1. The Balaban J connectivity index is 1.94. The van der Waals surface area contributed by atoms with Gasteiger partial charge < -0.3 is 20.5 Å². The maximum Gasteiger partial charge on any atom is 0.253 e. The van der Waals surface area contributed by atoms with Gasteiger partial charge in [-0.2, -0.15) is 0 Å². The molecule has 2 amide bonds. The molecule has 1 heterocycles. The molecule has 132 valence electrons. The van der Waals surface area contributed by atoms with Crippen LogP contribution in [0.5, 0.6) is 0 Å². The first-order chi connectivity index (χ1) is 11.8. The van der Waals surface area contributed by atoms with Crippen molar-refractivity contribution in [2.24, 2.45) is 0 Å². The lowest BCUT2D eigenvalue weighted by Gasteiger charge is -2.13. The summed E-state index contributed by atoms with van der Waals surface area (Å²) >= 11 is 0. The number of rotatable bonds is 6. The predicted octanol–water partition coefficient (Wildman–Crippen LogP) is 1.88. The normalized spacial score (nSPS) is 10.2. The summed E-state index contributed by atoms with van der Waals surface area (Å²) in [7, 11) is 3.87. The molecule has 0 unspecified atom stereocenters. The van der Waals surface area contributed by atoms with Crippen LogP contribution in [0.25, 0.3) is 0 Å². The van der Waals surface area contributed by atoms with Crippen LogP contribution in [0.4, 0.5) is 11.4 Å². The second-order valence-corrected chi connectivity index (χ2v) is 5.95. The van der Waals surface area contributed by atoms with Gasteiger partial charge in [-0.1, -0.05) is 0 Å². The molecule has 2 rings (SSSR count). The average molecular weight is 342 g/mol. The van der Waals surface area contributed by atoms with Crippen molar-refractivity contribution < 1.29 is 14.4 Å². The van der Waals surface area contributed by atoms with Crippen LogP contribution >= 0.6 is 0 Å². The van der Waals surface area contributed by atoms with Gasteiger partial charge in [-0.3, -0.25) is 14.4 Å². The summed E-state index contributed by atoms with van der Waals surface area (Å²) in [6.45, 7) is 3.24. The van der Waals surface area contributed by atoms with E-state index in [4.69, 9.17) is 0 Å². The highest BCUT2D eigenvalue weighted by atomic mass is 16.2. The lowest BCUT2D eigenvalue weighted by atomic mass is 10.1. The van der Waals surface area contributed by atoms with Gasteiger partial charge in [0, 0.05) is 31.2 Å². The molecular weight excluding hydrogens is 320 g/mol. The Morgan fingerprint density at radius 2 is 1.80 bits per heavy atom. The minimum absolute atomic E-state index is 0.158. The average Bonchev–Trinajstić information content (AvgIpc) is 2.87. The highest BCUT2D eigenvalue weighted by molar-refractivity contribution is 6.02. The Labute approximate surface area is 146 Å². The van der Waals surface area contributed by atoms with Gasteiger partial charge in [-0.25, -0.2) is 0 Å². The van der Waals surface area contributed by atoms with Crippen molar-refractivity contribution >= 4 is 29.5 Å². The SMILES string of the molecule is Cc1[nH]c(C=O)c(C)c1C(=O)NCC(=O)Nc1ccc(N(C)C)cc1. The van der Waals surface area contributed by atoms with E-state index >= 15 is 0 Å². The van der Waals surface area contributed by atoms with E-state index in [0.29, 0.717) is 34.5 Å². The van der Waals surface area contributed by atoms with Crippen LogP contribution < -0.4 is 15.5 Å². The summed E-state index contributed by atoms with van der Waals surface area (Å²) in [6, 6.07) is 7.38. The number of nitrogens with zero attached hydrogens (tertiary/aromatic N) is 1. The van der Waals surface area contributed by atoms with Crippen molar-refractivity contribution in [1.29, 1.82) is 0 Å². The third-order valence-corrected chi connectivity index (χ3v) is 3.90. The summed E-state index contributed by atoms with van der Waals surface area (Å²) in [6.07, 6.45) is 0.670. The van der Waals surface area contributed by atoms with Crippen LogP contribution in [0.15, 0.2) is 24.3 Å². The molecule has 0 spiro atoms. The zero-order chi connectivity index (χ0) is 18.6. The monoisotopic (exact) mass is 342 g/mol. The predicted molar refractivity (Wildman–Crippen MR) is 97.4 cm³/mol. The van der Waals surface area contributed by atoms with E-state index in [1.807, 2.05) is 31.1 Å². The number of nitrogens with one attached hydrogen (secondary N) is 3. The number of aromatic nitrogens is 1. The van der Waals surface area contributed by atoms with E-state index < -0.39 is 5.91 Å². The number of anilines is 2. The Hall–Kier alpha value is -3.09. The highest BCUT2D eigenvalue weighted by Gasteiger charge is 2.18. The second-order valence-electron chi connectivity index (χ2n) is 5.95. The number of amides is 2. The van der Waals surface area contributed by atoms with Crippen molar-refractivity contribution in [3.63, 3.8) is 0 Å². The molecule has 1 aromatic heterocycles. The van der Waals surface area contributed by atoms with Crippen LogP contribution in [0.3, 0.4) is 0 Å². The maximum absolute atomic E-state index is 12.3. The van der Waals surface area contributed by atoms with E-state index in [9.17, 15) is 14.4 Å². The number of carbonyl (C=O) groups is 3. The molecule has 0 aliphatic heterocycles. The Morgan fingerprint density at radius 1 is 1.16 bits per heavy atom. The van der Waals surface area contributed by atoms with Gasteiger partial charge in [0.2, 0.25) is 5.91 Å². The first-order valence-electron chi connectivity index (χ1n) is 7.83. The van der Waals surface area contributed by atoms with E-state index in [1.54, 1.807) is 26.0 Å². The summed E-state index contributed by atoms with van der Waals surface area (Å²) in [4.78, 5) is 40.0. The summed E-state index contributed by atoms with van der Waals surface area (Å²) in [5.41, 5.74) is 3.61. The molecule has 7 heteroatoms. The zero-order valence-electron chi connectivity index (χ0n) is 14.8. The van der Waals surface area contributed by atoms with Crippen LogP contribution in [0.1, 0.15) is 32.1 Å². The van der Waals surface area contributed by atoms with Gasteiger partial charge in [0.1, 0.15) is 0 Å². The highest BCUT2D eigenvalue weighted by Crippen LogP contribution is 2.17. The standard InChI is InChI=1S/C18H22N4O3/c1-11-15(10-23)20-12(2)17(11)18(25)19-9-16(24)21-13-5-7-14(8-6-13)22(3)4/h5-8,10,20H,9H2,1-4H3,(H,19,25)(H,21,24). The van der Waals surface area contributed by atoms with Crippen molar-refractivity contribution in [2.75, 3.05) is 30.9 Å². The number of H-pyrrole nitrogens is 1. The lowest BCUT2D eigenvalue weighted by Crippen LogP contribution is -2.33. The number of carbonyl (C=O) groups excluding carboxylic acids is 3. The van der Waals surface area contributed by atoms with Crippen LogP contribution in [0, 0.1) is 13.8 Å². The van der Waals surface area contributed by atoms with Gasteiger partial charge in [0.15, 0.2) is 6.29 Å². The van der Waals surface area contributed by atoms with Crippen molar-refractivity contribution in [3.05, 3.63) is 46.8 Å². The van der Waals surface area contributed by atoms with Crippen molar-refractivity contribution in [3.8, 4) is 0 Å². The third kappa shape index (κ3) is 4.26. The van der Waals surface area contributed by atoms with E-state index in [-0.39, 0.29) is 12.5 Å². The summed E-state index contributed by atoms with van der Waals surface area (Å²) < 4.78 is 0. The fourth-order valence-corrected chi connectivity index (χ4v) is 2.53. The van der Waals surface area contributed by atoms with E-state index in [0.717, 1.165) is 5.69 Å². The molecule has 0 fully saturated rings. The van der Waals surface area contributed by atoms with Crippen LogP contribution in [-0.2, 0) is 4.79 Å². The zero-order valence-corrected chi connectivity index (χ0v) is 14.8. The van der Waals surface area contributed by atoms with Crippen LogP contribution in [-0.4, -0.2) is 43.7 Å². The smallest absolute Gasteiger partial charge is 0.253 e. The number of hydrogen-bond acceptors (Lipinski definition) is 4.